The molecule has 280 valence electrons. The number of benzene rings is 5. The van der Waals surface area contributed by atoms with Crippen molar-refractivity contribution in [1.82, 2.24) is 0 Å². The van der Waals surface area contributed by atoms with E-state index >= 15 is 0 Å². The summed E-state index contributed by atoms with van der Waals surface area (Å²) in [6.45, 7) is 28.9. The lowest BCUT2D eigenvalue weighted by Gasteiger charge is -2.53. The predicted molar refractivity (Wildman–Crippen MR) is 236 cm³/mol. The summed E-state index contributed by atoms with van der Waals surface area (Å²) >= 11 is 0. The van der Waals surface area contributed by atoms with Crippen molar-refractivity contribution in [3.8, 4) is 11.1 Å². The van der Waals surface area contributed by atoms with E-state index in [4.69, 9.17) is 4.42 Å². The molecule has 6 aromatic rings. The van der Waals surface area contributed by atoms with E-state index in [0.29, 0.717) is 0 Å². The molecule has 3 nitrogen and oxygen atoms in total. The van der Waals surface area contributed by atoms with Crippen molar-refractivity contribution in [3.05, 3.63) is 107 Å². The van der Waals surface area contributed by atoms with Gasteiger partial charge < -0.3 is 14.1 Å². The van der Waals surface area contributed by atoms with Gasteiger partial charge in [0.25, 0.3) is 0 Å². The molecule has 4 aliphatic rings. The smallest absolute Gasteiger partial charge is 0.333 e. The number of anilines is 4. The number of para-hydroxylation sites is 1. The standard InChI is InChI=1S/C51H57BN2O/c1-30-25-31(47(2,3)4)19-21-39(30)54-45-34(20-22-42-43(45)35-17-13-14-18-41(35)55-42)36-26-32(48(5,6)7)29-40-44(36)52(54)38-28-33(49(8,9)10)27-37-46(38)53(40)51(12)24-16-15-23-50(37,51)11/h13-14,17-22,25-29H,15-16,23-24H2,1-12H3. The summed E-state index contributed by atoms with van der Waals surface area (Å²) in [6.07, 6.45) is 4.95. The van der Waals surface area contributed by atoms with Gasteiger partial charge in [0.15, 0.2) is 0 Å². The monoisotopic (exact) mass is 724 g/mol. The SMILES string of the molecule is Cc1cc(C(C)(C)C)ccc1N1B2c3cc(C(C)(C)C)cc4c3N(c3cc(C(C)(C)C)cc(c32)-c2ccc3oc5ccccc5c3c21)C1(C)CCCCC41C. The number of fused-ring (bicyclic) bond motifs is 11. The molecule has 1 aliphatic carbocycles. The Morgan fingerprint density at radius 2 is 1.33 bits per heavy atom. The zero-order valence-electron chi connectivity index (χ0n) is 35.2. The molecule has 0 spiro atoms. The van der Waals surface area contributed by atoms with E-state index in [-0.39, 0.29) is 34.0 Å². The maximum Gasteiger partial charge on any atom is 0.333 e. The highest BCUT2D eigenvalue weighted by Crippen LogP contribution is 2.63. The first-order chi connectivity index (χ1) is 25.8. The summed E-state index contributed by atoms with van der Waals surface area (Å²) in [7, 11) is 0. The second-order valence-corrected chi connectivity index (χ2v) is 21.0. The minimum atomic E-state index is -0.0335. The van der Waals surface area contributed by atoms with E-state index in [2.05, 4.69) is 172 Å². The molecule has 3 aliphatic heterocycles. The van der Waals surface area contributed by atoms with Crippen LogP contribution in [0.2, 0.25) is 0 Å². The van der Waals surface area contributed by atoms with Gasteiger partial charge in [-0.25, -0.2) is 0 Å². The third kappa shape index (κ3) is 4.57. The van der Waals surface area contributed by atoms with Gasteiger partial charge in [0.05, 0.1) is 10.9 Å². The Hall–Kier alpha value is -4.44. The Labute approximate surface area is 329 Å². The van der Waals surface area contributed by atoms with Gasteiger partial charge in [-0.1, -0.05) is 131 Å². The summed E-state index contributed by atoms with van der Waals surface area (Å²) in [5.41, 5.74) is 19.9. The quantitative estimate of drug-likeness (QED) is 0.157. The number of aryl methyl sites for hydroxylation is 1. The molecule has 0 saturated heterocycles. The third-order valence-electron chi connectivity index (χ3n) is 14.6. The minimum absolute atomic E-state index is 0.00468. The second kappa shape index (κ2) is 10.9. The second-order valence-electron chi connectivity index (χ2n) is 21.0. The average molecular weight is 725 g/mol. The molecular formula is C51H57BN2O. The summed E-state index contributed by atoms with van der Waals surface area (Å²) in [6, 6.07) is 30.9. The van der Waals surface area contributed by atoms with E-state index in [9.17, 15) is 0 Å². The number of hydrogen-bond acceptors (Lipinski definition) is 3. The van der Waals surface area contributed by atoms with E-state index in [1.807, 2.05) is 0 Å². The van der Waals surface area contributed by atoms with Crippen LogP contribution in [0.1, 0.15) is 130 Å². The van der Waals surface area contributed by atoms with Gasteiger partial charge >= 0.3 is 6.85 Å². The summed E-state index contributed by atoms with van der Waals surface area (Å²) in [5.74, 6) is 0. The zero-order chi connectivity index (χ0) is 38.8. The lowest BCUT2D eigenvalue weighted by molar-refractivity contribution is 0.195. The van der Waals surface area contributed by atoms with Crippen LogP contribution in [0.4, 0.5) is 22.7 Å². The topological polar surface area (TPSA) is 19.6 Å². The van der Waals surface area contributed by atoms with Crippen LogP contribution in [0.5, 0.6) is 0 Å². The fraction of sp³-hybridized carbons (Fsp3) is 0.412. The van der Waals surface area contributed by atoms with E-state index in [1.165, 1.54) is 104 Å². The van der Waals surface area contributed by atoms with Crippen LogP contribution >= 0.6 is 0 Å². The molecule has 55 heavy (non-hydrogen) atoms. The maximum atomic E-state index is 6.70. The highest BCUT2D eigenvalue weighted by Gasteiger charge is 2.62. The number of hydrogen-bond donors (Lipinski definition) is 0. The van der Waals surface area contributed by atoms with Gasteiger partial charge in [0.2, 0.25) is 0 Å². The Balaban J connectivity index is 1.42. The Morgan fingerprint density at radius 3 is 2.04 bits per heavy atom. The summed E-state index contributed by atoms with van der Waals surface area (Å²) in [4.78, 5) is 5.65. The van der Waals surface area contributed by atoms with Gasteiger partial charge in [-0.15, -0.1) is 0 Å². The Bertz CT molecular complexity index is 2630. The van der Waals surface area contributed by atoms with Crippen LogP contribution < -0.4 is 20.6 Å². The highest BCUT2D eigenvalue weighted by molar-refractivity contribution is 6.94. The number of furan rings is 1. The van der Waals surface area contributed by atoms with Crippen LogP contribution in [0, 0.1) is 6.92 Å². The van der Waals surface area contributed by atoms with Crippen LogP contribution in [-0.2, 0) is 21.7 Å². The molecule has 0 bridgehead atoms. The lowest BCUT2D eigenvalue weighted by Crippen LogP contribution is -2.65. The first kappa shape index (κ1) is 35.0. The van der Waals surface area contributed by atoms with Crippen molar-refractivity contribution < 1.29 is 4.42 Å². The molecule has 0 N–H and O–H groups in total. The largest absolute Gasteiger partial charge is 0.456 e. The van der Waals surface area contributed by atoms with Crippen LogP contribution in [0.25, 0.3) is 33.1 Å². The third-order valence-corrected chi connectivity index (χ3v) is 14.6. The van der Waals surface area contributed by atoms with Gasteiger partial charge in [-0.05, 0) is 118 Å². The molecule has 4 heteroatoms. The lowest BCUT2D eigenvalue weighted by atomic mass is 9.42. The average Bonchev–Trinajstić information content (AvgIpc) is 3.59. The molecule has 1 aromatic heterocycles. The summed E-state index contributed by atoms with van der Waals surface area (Å²) in [5, 5.41) is 2.38. The Kier molecular flexibility index (Phi) is 6.94. The Morgan fingerprint density at radius 1 is 0.636 bits per heavy atom. The number of nitrogens with zero attached hydrogens (tertiary/aromatic N) is 2. The maximum absolute atomic E-state index is 6.70. The summed E-state index contributed by atoms with van der Waals surface area (Å²) < 4.78 is 6.70. The molecule has 4 heterocycles. The molecule has 2 unspecified atom stereocenters. The van der Waals surface area contributed by atoms with E-state index in [0.717, 1.165) is 11.2 Å². The molecular weight excluding hydrogens is 667 g/mol. The fourth-order valence-corrected chi connectivity index (χ4v) is 11.1. The van der Waals surface area contributed by atoms with Gasteiger partial charge in [0.1, 0.15) is 11.2 Å². The first-order valence-electron chi connectivity index (χ1n) is 20.9. The number of rotatable bonds is 1. The predicted octanol–water partition coefficient (Wildman–Crippen LogP) is 12.8. The van der Waals surface area contributed by atoms with E-state index in [1.54, 1.807) is 5.56 Å². The first-order valence-corrected chi connectivity index (χ1v) is 20.9. The van der Waals surface area contributed by atoms with Gasteiger partial charge in [0, 0.05) is 39.1 Å². The molecule has 1 fully saturated rings. The van der Waals surface area contributed by atoms with Gasteiger partial charge in [-0.2, -0.15) is 0 Å². The molecule has 5 aromatic carbocycles. The fourth-order valence-electron chi connectivity index (χ4n) is 11.1. The highest BCUT2D eigenvalue weighted by atomic mass is 16.3. The van der Waals surface area contributed by atoms with Crippen LogP contribution in [-0.4, -0.2) is 12.4 Å². The molecule has 1 saturated carbocycles. The van der Waals surface area contributed by atoms with Crippen molar-refractivity contribution in [2.75, 3.05) is 9.71 Å². The van der Waals surface area contributed by atoms with Crippen LogP contribution in [0.15, 0.2) is 83.3 Å². The molecule has 0 amide bonds. The van der Waals surface area contributed by atoms with Crippen LogP contribution in [0.3, 0.4) is 0 Å². The normalized spacial score (nSPS) is 21.6. The minimum Gasteiger partial charge on any atom is -0.456 e. The van der Waals surface area contributed by atoms with Crippen molar-refractivity contribution in [3.63, 3.8) is 0 Å². The molecule has 10 rings (SSSR count). The van der Waals surface area contributed by atoms with Crippen molar-refractivity contribution in [2.45, 2.75) is 136 Å². The molecule has 0 radical (unpaired) electrons. The van der Waals surface area contributed by atoms with Crippen molar-refractivity contribution in [1.29, 1.82) is 0 Å². The van der Waals surface area contributed by atoms with E-state index < -0.39 is 0 Å². The van der Waals surface area contributed by atoms with Crippen molar-refractivity contribution in [2.24, 2.45) is 0 Å². The van der Waals surface area contributed by atoms with Crippen molar-refractivity contribution >= 4 is 62.5 Å². The van der Waals surface area contributed by atoms with Gasteiger partial charge in [-0.3, -0.25) is 0 Å². The molecule has 2 atom stereocenters. The zero-order valence-corrected chi connectivity index (χ0v) is 35.2.